The molecule has 86 valence electrons. The maximum Gasteiger partial charge on any atom is 0.0454 e. The molecule has 16 heavy (non-hydrogen) atoms. The van der Waals surface area contributed by atoms with Crippen molar-refractivity contribution in [3.8, 4) is 0 Å². The van der Waals surface area contributed by atoms with Crippen LogP contribution in [0.4, 0.5) is 0 Å². The van der Waals surface area contributed by atoms with Gasteiger partial charge in [-0.3, -0.25) is 0 Å². The standard InChI is InChI=1S/C13H16N2.ClH/c1-2-3-4-12(14)10-5-6-13-11(9-10)7-8-15-13;/h2,5-9,12,15H,1,3-4,14H2;1H/t12-;/m0./s1. The highest BCUT2D eigenvalue weighted by molar-refractivity contribution is 5.85. The van der Waals surface area contributed by atoms with Gasteiger partial charge in [-0.25, -0.2) is 0 Å². The number of H-pyrrole nitrogens is 1. The molecule has 3 heteroatoms. The normalized spacial score (nSPS) is 12.1. The van der Waals surface area contributed by atoms with Crippen LogP contribution in [0.15, 0.2) is 43.1 Å². The van der Waals surface area contributed by atoms with Gasteiger partial charge < -0.3 is 10.7 Å². The molecule has 0 saturated carbocycles. The molecule has 0 aliphatic carbocycles. The maximum absolute atomic E-state index is 6.08. The fraction of sp³-hybridized carbons (Fsp3) is 0.231. The number of fused-ring (bicyclic) bond motifs is 1. The molecule has 0 amide bonds. The van der Waals surface area contributed by atoms with Gasteiger partial charge in [-0.2, -0.15) is 0 Å². The number of aromatic nitrogens is 1. The summed E-state index contributed by atoms with van der Waals surface area (Å²) in [6, 6.07) is 8.51. The predicted molar refractivity (Wildman–Crippen MR) is 71.9 cm³/mol. The second kappa shape index (κ2) is 5.73. The largest absolute Gasteiger partial charge is 0.361 e. The Morgan fingerprint density at radius 1 is 1.38 bits per heavy atom. The van der Waals surface area contributed by atoms with E-state index in [1.165, 1.54) is 10.9 Å². The molecule has 0 spiro atoms. The van der Waals surface area contributed by atoms with Crippen molar-refractivity contribution in [2.75, 3.05) is 0 Å². The number of nitrogens with one attached hydrogen (secondary N) is 1. The lowest BCUT2D eigenvalue weighted by molar-refractivity contribution is 0.662. The van der Waals surface area contributed by atoms with E-state index in [9.17, 15) is 0 Å². The highest BCUT2D eigenvalue weighted by atomic mass is 35.5. The van der Waals surface area contributed by atoms with Crippen molar-refractivity contribution in [2.45, 2.75) is 18.9 Å². The summed E-state index contributed by atoms with van der Waals surface area (Å²) in [6.07, 6.45) is 5.78. The summed E-state index contributed by atoms with van der Waals surface area (Å²) in [6.45, 7) is 3.71. The van der Waals surface area contributed by atoms with E-state index in [0.29, 0.717) is 0 Å². The lowest BCUT2D eigenvalue weighted by atomic mass is 10.0. The van der Waals surface area contributed by atoms with Gasteiger partial charge in [-0.05, 0) is 42.0 Å². The molecule has 0 bridgehead atoms. The molecule has 1 aromatic heterocycles. The number of hydrogen-bond donors (Lipinski definition) is 2. The Hall–Kier alpha value is -1.25. The highest BCUT2D eigenvalue weighted by Gasteiger charge is 2.05. The van der Waals surface area contributed by atoms with Gasteiger partial charge in [0.05, 0.1) is 0 Å². The summed E-state index contributed by atoms with van der Waals surface area (Å²) in [5, 5.41) is 1.22. The summed E-state index contributed by atoms with van der Waals surface area (Å²) in [4.78, 5) is 3.17. The van der Waals surface area contributed by atoms with Crippen LogP contribution in [-0.4, -0.2) is 4.98 Å². The Labute approximate surface area is 102 Å². The van der Waals surface area contributed by atoms with Crippen LogP contribution in [0.3, 0.4) is 0 Å². The average Bonchev–Trinajstić information content (AvgIpc) is 2.72. The lowest BCUT2D eigenvalue weighted by Gasteiger charge is -2.10. The molecular formula is C13H17ClN2. The molecule has 0 aliphatic rings. The molecule has 1 atom stereocenters. The highest BCUT2D eigenvalue weighted by Crippen LogP contribution is 2.21. The van der Waals surface area contributed by atoms with Gasteiger partial charge in [0.2, 0.25) is 0 Å². The fourth-order valence-electron chi connectivity index (χ4n) is 1.77. The first-order valence-corrected chi connectivity index (χ1v) is 5.25. The van der Waals surface area contributed by atoms with E-state index in [1.807, 2.05) is 12.3 Å². The third-order valence-electron chi connectivity index (χ3n) is 2.69. The summed E-state index contributed by atoms with van der Waals surface area (Å²) < 4.78 is 0. The first-order chi connectivity index (χ1) is 7.31. The summed E-state index contributed by atoms with van der Waals surface area (Å²) in [5.74, 6) is 0. The van der Waals surface area contributed by atoms with Gasteiger partial charge in [0.1, 0.15) is 0 Å². The van der Waals surface area contributed by atoms with Crippen molar-refractivity contribution in [3.05, 3.63) is 48.7 Å². The minimum absolute atomic E-state index is 0. The van der Waals surface area contributed by atoms with E-state index in [0.717, 1.165) is 18.4 Å². The second-order valence-corrected chi connectivity index (χ2v) is 3.80. The van der Waals surface area contributed by atoms with Crippen molar-refractivity contribution in [2.24, 2.45) is 5.73 Å². The molecule has 0 aliphatic heterocycles. The Balaban J connectivity index is 0.00000128. The number of benzene rings is 1. The van der Waals surface area contributed by atoms with Crippen molar-refractivity contribution in [1.82, 2.24) is 4.98 Å². The molecule has 0 saturated heterocycles. The first kappa shape index (κ1) is 12.8. The van der Waals surface area contributed by atoms with Crippen LogP contribution >= 0.6 is 12.4 Å². The minimum atomic E-state index is 0. The van der Waals surface area contributed by atoms with Crippen LogP contribution in [0.5, 0.6) is 0 Å². The Morgan fingerprint density at radius 2 is 2.19 bits per heavy atom. The zero-order valence-electron chi connectivity index (χ0n) is 9.15. The molecule has 0 fully saturated rings. The Bertz CT molecular complexity index is 462. The van der Waals surface area contributed by atoms with Crippen molar-refractivity contribution in [3.63, 3.8) is 0 Å². The topological polar surface area (TPSA) is 41.8 Å². The van der Waals surface area contributed by atoms with Crippen LogP contribution in [-0.2, 0) is 0 Å². The number of nitrogens with two attached hydrogens (primary N) is 1. The fourth-order valence-corrected chi connectivity index (χ4v) is 1.77. The van der Waals surface area contributed by atoms with Gasteiger partial charge in [0, 0.05) is 17.8 Å². The van der Waals surface area contributed by atoms with Gasteiger partial charge in [-0.1, -0.05) is 12.1 Å². The average molecular weight is 237 g/mol. The maximum atomic E-state index is 6.08. The zero-order valence-corrected chi connectivity index (χ0v) is 9.96. The number of aromatic amines is 1. The summed E-state index contributed by atoms with van der Waals surface area (Å²) >= 11 is 0. The number of rotatable bonds is 4. The van der Waals surface area contributed by atoms with Crippen LogP contribution < -0.4 is 5.73 Å². The molecule has 1 heterocycles. The van der Waals surface area contributed by atoms with Gasteiger partial charge >= 0.3 is 0 Å². The van der Waals surface area contributed by atoms with Crippen molar-refractivity contribution >= 4 is 23.3 Å². The van der Waals surface area contributed by atoms with E-state index >= 15 is 0 Å². The van der Waals surface area contributed by atoms with Gasteiger partial charge in [0.25, 0.3) is 0 Å². The number of hydrogen-bond acceptors (Lipinski definition) is 1. The van der Waals surface area contributed by atoms with E-state index in [1.54, 1.807) is 0 Å². The summed E-state index contributed by atoms with van der Waals surface area (Å²) in [7, 11) is 0. The van der Waals surface area contributed by atoms with Crippen molar-refractivity contribution in [1.29, 1.82) is 0 Å². The van der Waals surface area contributed by atoms with Gasteiger partial charge in [-0.15, -0.1) is 19.0 Å². The molecule has 0 radical (unpaired) electrons. The summed E-state index contributed by atoms with van der Waals surface area (Å²) in [5.41, 5.74) is 8.44. The van der Waals surface area contributed by atoms with Crippen LogP contribution in [0, 0.1) is 0 Å². The second-order valence-electron chi connectivity index (χ2n) is 3.80. The molecule has 1 aromatic carbocycles. The smallest absolute Gasteiger partial charge is 0.0454 e. The predicted octanol–water partition coefficient (Wildman–Crippen LogP) is 3.56. The first-order valence-electron chi connectivity index (χ1n) is 5.25. The van der Waals surface area contributed by atoms with Crippen molar-refractivity contribution < 1.29 is 0 Å². The van der Waals surface area contributed by atoms with E-state index in [2.05, 4.69) is 35.8 Å². The van der Waals surface area contributed by atoms with Crippen LogP contribution in [0.1, 0.15) is 24.4 Å². The molecular weight excluding hydrogens is 220 g/mol. The minimum Gasteiger partial charge on any atom is -0.361 e. The zero-order chi connectivity index (χ0) is 10.7. The Morgan fingerprint density at radius 3 is 2.94 bits per heavy atom. The number of halogens is 1. The monoisotopic (exact) mass is 236 g/mol. The number of allylic oxidation sites excluding steroid dienone is 1. The third kappa shape index (κ3) is 2.65. The SMILES string of the molecule is C=CCC[C@H](N)c1ccc2[nH]ccc2c1.Cl. The van der Waals surface area contributed by atoms with E-state index in [4.69, 9.17) is 5.73 Å². The van der Waals surface area contributed by atoms with E-state index < -0.39 is 0 Å². The van der Waals surface area contributed by atoms with Crippen LogP contribution in [0.25, 0.3) is 10.9 Å². The molecule has 3 N–H and O–H groups in total. The molecule has 2 aromatic rings. The van der Waals surface area contributed by atoms with Crippen LogP contribution in [0.2, 0.25) is 0 Å². The van der Waals surface area contributed by atoms with Gasteiger partial charge in [0.15, 0.2) is 0 Å². The quantitative estimate of drug-likeness (QED) is 0.784. The molecule has 2 nitrogen and oxygen atoms in total. The Kier molecular flexibility index (Phi) is 4.59. The molecule has 2 rings (SSSR count). The third-order valence-corrected chi connectivity index (χ3v) is 2.69. The van der Waals surface area contributed by atoms with E-state index in [-0.39, 0.29) is 18.4 Å². The molecule has 0 unspecified atom stereocenters. The lowest BCUT2D eigenvalue weighted by Crippen LogP contribution is -2.09.